The molecule has 3 aliphatic rings. The maximum Gasteiger partial charge on any atom is 0.418 e. The Labute approximate surface area is 272 Å². The van der Waals surface area contributed by atoms with Crippen LogP contribution in [-0.2, 0) is 30.5 Å². The number of fused-ring (bicyclic) bond motifs is 2. The van der Waals surface area contributed by atoms with Gasteiger partial charge in [0, 0.05) is 69.8 Å². The summed E-state index contributed by atoms with van der Waals surface area (Å²) in [6.07, 6.45) is 3.25. The number of likely N-dealkylation sites (N-methyl/N-ethyl adjacent to an activating group) is 1. The van der Waals surface area contributed by atoms with Gasteiger partial charge in [0.05, 0.1) is 35.0 Å². The highest BCUT2D eigenvalue weighted by atomic mass is 19.4. The number of nitrogens with one attached hydrogen (secondary N) is 1. The quantitative estimate of drug-likeness (QED) is 0.230. The van der Waals surface area contributed by atoms with E-state index in [9.17, 15) is 18.0 Å². The van der Waals surface area contributed by atoms with Crippen LogP contribution in [0.15, 0.2) is 42.9 Å². The van der Waals surface area contributed by atoms with E-state index in [1.807, 2.05) is 24.0 Å². The van der Waals surface area contributed by atoms with E-state index < -0.39 is 11.7 Å². The van der Waals surface area contributed by atoms with Crippen LogP contribution in [-0.4, -0.2) is 79.8 Å². The molecule has 2 fully saturated rings. The van der Waals surface area contributed by atoms with Crippen molar-refractivity contribution in [1.82, 2.24) is 34.6 Å². The van der Waals surface area contributed by atoms with Gasteiger partial charge in [-0.3, -0.25) is 19.7 Å². The minimum absolute atomic E-state index is 0.00470. The van der Waals surface area contributed by atoms with E-state index in [2.05, 4.69) is 32.8 Å². The highest BCUT2D eigenvalue weighted by Gasteiger charge is 2.36. The molecule has 7 rings (SSSR count). The molecule has 0 unspecified atom stereocenters. The first-order valence-corrected chi connectivity index (χ1v) is 16.6. The molecule has 0 aromatic carbocycles. The van der Waals surface area contributed by atoms with Gasteiger partial charge in [-0.05, 0) is 67.1 Å². The van der Waals surface area contributed by atoms with Gasteiger partial charge >= 0.3 is 6.18 Å². The molecule has 6 heterocycles. The number of rotatable bonds is 9. The van der Waals surface area contributed by atoms with E-state index in [4.69, 9.17) is 9.72 Å². The second kappa shape index (κ2) is 12.9. The Kier molecular flexibility index (Phi) is 8.65. The Bertz CT molecular complexity index is 1760. The molecule has 1 saturated carbocycles. The minimum atomic E-state index is -4.56. The van der Waals surface area contributed by atoms with Gasteiger partial charge < -0.3 is 19.5 Å². The lowest BCUT2D eigenvalue weighted by Gasteiger charge is -2.34. The lowest BCUT2D eigenvalue weighted by atomic mass is 9.92. The summed E-state index contributed by atoms with van der Waals surface area (Å²) < 4.78 is 48.9. The van der Waals surface area contributed by atoms with E-state index in [1.54, 1.807) is 17.3 Å². The number of alkyl halides is 3. The molecule has 1 saturated heterocycles. The number of carbonyl (C=O) groups is 1. The Hall–Kier alpha value is -4.03. The number of halogens is 3. The molecule has 1 aliphatic carbocycles. The van der Waals surface area contributed by atoms with Crippen molar-refractivity contribution in [3.8, 4) is 11.5 Å². The second-order valence-electron chi connectivity index (χ2n) is 13.0. The number of nitrogens with zero attached hydrogens (tertiary/aromatic N) is 6. The normalized spacial score (nSPS) is 19.3. The molecule has 0 bridgehead atoms. The summed E-state index contributed by atoms with van der Waals surface area (Å²) in [5.41, 5.74) is 3.25. The van der Waals surface area contributed by atoms with Crippen LogP contribution in [0.2, 0.25) is 0 Å². The maximum atomic E-state index is 14.2. The highest BCUT2D eigenvalue weighted by molar-refractivity contribution is 5.84. The number of aromatic nitrogens is 4. The van der Waals surface area contributed by atoms with Crippen LogP contribution in [0.5, 0.6) is 11.5 Å². The van der Waals surface area contributed by atoms with Crippen molar-refractivity contribution in [3.05, 3.63) is 76.6 Å². The third-order valence-electron chi connectivity index (χ3n) is 9.74. The number of aromatic amines is 1. The van der Waals surface area contributed by atoms with Crippen molar-refractivity contribution >= 4 is 16.9 Å². The van der Waals surface area contributed by atoms with Crippen molar-refractivity contribution in [1.29, 1.82) is 0 Å². The predicted molar refractivity (Wildman–Crippen MR) is 171 cm³/mol. The van der Waals surface area contributed by atoms with Gasteiger partial charge in [-0.1, -0.05) is 13.8 Å². The Balaban J connectivity index is 1.07. The Morgan fingerprint density at radius 3 is 2.53 bits per heavy atom. The fourth-order valence-corrected chi connectivity index (χ4v) is 6.80. The van der Waals surface area contributed by atoms with E-state index >= 15 is 0 Å². The monoisotopic (exact) mass is 647 g/mol. The molecule has 1 atom stereocenters. The summed E-state index contributed by atoms with van der Waals surface area (Å²) in [5, 5.41) is 0.910. The molecule has 0 radical (unpaired) electrons. The first-order chi connectivity index (χ1) is 22.7. The maximum absolute atomic E-state index is 14.2. The molecule has 248 valence electrons. The van der Waals surface area contributed by atoms with E-state index in [-0.39, 0.29) is 36.0 Å². The number of carbonyl (C=O) groups excluding carboxylic acids is 1. The predicted octanol–water partition coefficient (Wildman–Crippen LogP) is 6.26. The summed E-state index contributed by atoms with van der Waals surface area (Å²) in [6, 6.07) is 6.96. The van der Waals surface area contributed by atoms with Crippen molar-refractivity contribution in [3.63, 3.8) is 0 Å². The standard InChI is InChI=1S/C35H40F3N7O2/c1-3-23-19-45(32(46)14-22-13-28(35(36,37)38)30(40-17-22)21-44-11-9-43(4-2)10-12-44)20-25-15-26(18-41-33(23)25)47-31-7-8-39-34-27(31)16-29(42-34)24-5-6-24/h7-8,13,15-18,23-24H,3-6,9-12,14,19-21H2,1-2H3,(H,39,42)/t23-/m1/s1. The molecular weight excluding hydrogens is 607 g/mol. The van der Waals surface area contributed by atoms with Crippen molar-refractivity contribution in [2.45, 2.75) is 70.6 Å². The van der Waals surface area contributed by atoms with Gasteiger partial charge in [0.2, 0.25) is 5.91 Å². The number of H-pyrrole nitrogens is 1. The van der Waals surface area contributed by atoms with Gasteiger partial charge in [0.25, 0.3) is 0 Å². The number of ether oxygens (including phenoxy) is 1. The first kappa shape index (κ1) is 31.6. The van der Waals surface area contributed by atoms with Gasteiger partial charge in [0.15, 0.2) is 0 Å². The largest absolute Gasteiger partial charge is 0.455 e. The van der Waals surface area contributed by atoms with Crippen LogP contribution >= 0.6 is 0 Å². The van der Waals surface area contributed by atoms with Gasteiger partial charge in [-0.15, -0.1) is 0 Å². The lowest BCUT2D eigenvalue weighted by molar-refractivity contribution is -0.139. The zero-order chi connectivity index (χ0) is 32.7. The van der Waals surface area contributed by atoms with E-state index in [1.165, 1.54) is 24.7 Å². The zero-order valence-electron chi connectivity index (χ0n) is 26.8. The third-order valence-corrected chi connectivity index (χ3v) is 9.74. The smallest absolute Gasteiger partial charge is 0.418 e. The summed E-state index contributed by atoms with van der Waals surface area (Å²) >= 11 is 0. The fraction of sp³-hybridized carbons (Fsp3) is 0.486. The fourth-order valence-electron chi connectivity index (χ4n) is 6.80. The average Bonchev–Trinajstić information content (AvgIpc) is 3.83. The topological polar surface area (TPSA) is 90.5 Å². The molecule has 4 aromatic rings. The van der Waals surface area contributed by atoms with E-state index in [0.717, 1.165) is 54.4 Å². The highest BCUT2D eigenvalue weighted by Crippen LogP contribution is 2.42. The van der Waals surface area contributed by atoms with Crippen LogP contribution in [0.3, 0.4) is 0 Å². The number of piperazine rings is 1. The molecule has 47 heavy (non-hydrogen) atoms. The molecule has 1 amide bonds. The molecular formula is C35H40F3N7O2. The van der Waals surface area contributed by atoms with Crippen LogP contribution in [0.1, 0.15) is 78.7 Å². The van der Waals surface area contributed by atoms with Crippen LogP contribution in [0, 0.1) is 0 Å². The van der Waals surface area contributed by atoms with Crippen molar-refractivity contribution in [2.75, 3.05) is 39.3 Å². The SMILES string of the molecule is CC[C@@H]1CN(C(=O)Cc2cnc(CN3CCN(CC)CC3)c(C(F)(F)F)c2)Cc2cc(Oc3ccnc4[nH]c(C5CC5)cc34)cnc21. The van der Waals surface area contributed by atoms with Crippen molar-refractivity contribution in [2.24, 2.45) is 0 Å². The van der Waals surface area contributed by atoms with E-state index in [0.29, 0.717) is 43.6 Å². The number of hydrogen-bond acceptors (Lipinski definition) is 7. The molecule has 2 aliphatic heterocycles. The summed E-state index contributed by atoms with van der Waals surface area (Å²) in [7, 11) is 0. The van der Waals surface area contributed by atoms with Crippen LogP contribution in [0.4, 0.5) is 13.2 Å². The van der Waals surface area contributed by atoms with Crippen LogP contribution < -0.4 is 4.74 Å². The summed E-state index contributed by atoms with van der Waals surface area (Å²) in [5.74, 6) is 1.55. The molecule has 4 aromatic heterocycles. The second-order valence-corrected chi connectivity index (χ2v) is 13.0. The number of hydrogen-bond donors (Lipinski definition) is 1. The first-order valence-electron chi connectivity index (χ1n) is 16.6. The molecule has 9 nitrogen and oxygen atoms in total. The molecule has 1 N–H and O–H groups in total. The van der Waals surface area contributed by atoms with Gasteiger partial charge in [0.1, 0.15) is 17.1 Å². The van der Waals surface area contributed by atoms with Gasteiger partial charge in [-0.25, -0.2) is 4.98 Å². The summed E-state index contributed by atoms with van der Waals surface area (Å²) in [4.78, 5) is 36.5. The Morgan fingerprint density at radius 1 is 1.02 bits per heavy atom. The number of amides is 1. The molecule has 12 heteroatoms. The third kappa shape index (κ3) is 6.85. The number of pyridine rings is 3. The minimum Gasteiger partial charge on any atom is -0.455 e. The Morgan fingerprint density at radius 2 is 1.81 bits per heavy atom. The van der Waals surface area contributed by atoms with Crippen LogP contribution in [0.25, 0.3) is 11.0 Å². The average molecular weight is 648 g/mol. The van der Waals surface area contributed by atoms with Gasteiger partial charge in [-0.2, -0.15) is 13.2 Å². The zero-order valence-corrected chi connectivity index (χ0v) is 26.8. The lowest BCUT2D eigenvalue weighted by Crippen LogP contribution is -2.45. The summed E-state index contributed by atoms with van der Waals surface area (Å²) in [6.45, 7) is 9.00. The van der Waals surface area contributed by atoms with Crippen molar-refractivity contribution < 1.29 is 22.7 Å². The molecule has 0 spiro atoms.